The molecule has 19 heavy (non-hydrogen) atoms. The van der Waals surface area contributed by atoms with Gasteiger partial charge in [0.1, 0.15) is 0 Å². The van der Waals surface area contributed by atoms with Gasteiger partial charge in [-0.25, -0.2) is 8.78 Å². The third kappa shape index (κ3) is 2.25. The zero-order valence-corrected chi connectivity index (χ0v) is 9.97. The largest absolute Gasteiger partial charge is 0.503 e. The van der Waals surface area contributed by atoms with Crippen LogP contribution < -0.4 is 11.1 Å². The van der Waals surface area contributed by atoms with Gasteiger partial charge in [0.25, 0.3) is 5.91 Å². The monoisotopic (exact) mass is 274 g/mol. The molecule has 0 radical (unpaired) electrons. The predicted molar refractivity (Wildman–Crippen MR) is 61.1 cm³/mol. The molecular weight excluding hydrogens is 261 g/mol. The van der Waals surface area contributed by atoms with Gasteiger partial charge in [0.2, 0.25) is 5.82 Å². The maximum absolute atomic E-state index is 13.5. The van der Waals surface area contributed by atoms with Crippen LogP contribution in [0.25, 0.3) is 0 Å². The molecule has 1 fully saturated rings. The summed E-state index contributed by atoms with van der Waals surface area (Å²) in [6.07, 6.45) is 2.17. The van der Waals surface area contributed by atoms with Gasteiger partial charge in [-0.3, -0.25) is 4.79 Å². The molecule has 1 aromatic rings. The molecule has 1 aromatic carbocycles. The molecular formula is C12H13F3N2O2. The van der Waals surface area contributed by atoms with Crippen molar-refractivity contribution in [2.45, 2.75) is 24.8 Å². The fourth-order valence-electron chi connectivity index (χ4n) is 2.05. The highest BCUT2D eigenvalue weighted by atomic mass is 19.2. The van der Waals surface area contributed by atoms with Gasteiger partial charge in [-0.1, -0.05) is 0 Å². The number of phenolic OH excluding ortho intramolecular Hbond substituents is 1. The highest BCUT2D eigenvalue weighted by Crippen LogP contribution is 2.32. The third-order valence-corrected chi connectivity index (χ3v) is 3.46. The fourth-order valence-corrected chi connectivity index (χ4v) is 2.05. The maximum Gasteiger partial charge on any atom is 0.254 e. The van der Waals surface area contributed by atoms with Crippen LogP contribution in [0, 0.1) is 17.5 Å². The first-order valence-corrected chi connectivity index (χ1v) is 5.79. The third-order valence-electron chi connectivity index (χ3n) is 3.46. The lowest BCUT2D eigenvalue weighted by atomic mass is 9.76. The molecule has 0 unspecified atom stereocenters. The van der Waals surface area contributed by atoms with Crippen LogP contribution in [0.1, 0.15) is 29.6 Å². The lowest BCUT2D eigenvalue weighted by Crippen LogP contribution is -2.58. The molecule has 7 heteroatoms. The number of amides is 1. The van der Waals surface area contributed by atoms with Crippen LogP contribution in [0.2, 0.25) is 0 Å². The normalized spacial score (nSPS) is 16.8. The average Bonchev–Trinajstić information content (AvgIpc) is 2.35. The molecule has 2 rings (SSSR count). The molecule has 4 nitrogen and oxygen atoms in total. The predicted octanol–water partition coefficient (Wildman–Crippen LogP) is 1.42. The van der Waals surface area contributed by atoms with Crippen LogP contribution in [-0.2, 0) is 0 Å². The maximum atomic E-state index is 13.5. The van der Waals surface area contributed by atoms with Gasteiger partial charge in [0.05, 0.1) is 11.1 Å². The summed E-state index contributed by atoms with van der Waals surface area (Å²) < 4.78 is 39.5. The molecule has 0 atom stereocenters. The van der Waals surface area contributed by atoms with Crippen molar-refractivity contribution in [2.75, 3.05) is 6.54 Å². The van der Waals surface area contributed by atoms with Crippen LogP contribution in [-0.4, -0.2) is 23.1 Å². The molecule has 4 N–H and O–H groups in total. The average molecular weight is 274 g/mol. The minimum Gasteiger partial charge on any atom is -0.503 e. The second-order valence-corrected chi connectivity index (χ2v) is 4.67. The number of halogens is 3. The minimum absolute atomic E-state index is 0.177. The molecule has 0 bridgehead atoms. The SMILES string of the molecule is NCC1(NC(=O)c2cc(F)c(F)c(O)c2F)CCC1. The quantitative estimate of drug-likeness (QED) is 0.730. The Balaban J connectivity index is 2.29. The van der Waals surface area contributed by atoms with E-state index in [4.69, 9.17) is 10.8 Å². The lowest BCUT2D eigenvalue weighted by Gasteiger charge is -2.41. The second kappa shape index (κ2) is 4.73. The number of nitrogens with two attached hydrogens (primary N) is 1. The summed E-state index contributed by atoms with van der Waals surface area (Å²) in [5.74, 6) is -7.11. The van der Waals surface area contributed by atoms with E-state index >= 15 is 0 Å². The molecule has 1 amide bonds. The first-order valence-electron chi connectivity index (χ1n) is 5.79. The molecule has 0 saturated heterocycles. The number of phenols is 1. The highest BCUT2D eigenvalue weighted by Gasteiger charge is 2.38. The fraction of sp³-hybridized carbons (Fsp3) is 0.417. The van der Waals surface area contributed by atoms with Crippen LogP contribution in [0.3, 0.4) is 0 Å². The summed E-state index contributed by atoms with van der Waals surface area (Å²) in [5, 5.41) is 11.6. The molecule has 0 aromatic heterocycles. The van der Waals surface area contributed by atoms with E-state index in [2.05, 4.69) is 5.32 Å². The van der Waals surface area contributed by atoms with Gasteiger partial charge < -0.3 is 16.2 Å². The van der Waals surface area contributed by atoms with Gasteiger partial charge in [-0.15, -0.1) is 0 Å². The Bertz CT molecular complexity index is 525. The van der Waals surface area contributed by atoms with Gasteiger partial charge in [0, 0.05) is 6.54 Å². The van der Waals surface area contributed by atoms with Crippen molar-refractivity contribution < 1.29 is 23.1 Å². The summed E-state index contributed by atoms with van der Waals surface area (Å²) in [4.78, 5) is 11.8. The Morgan fingerprint density at radius 3 is 2.47 bits per heavy atom. The summed E-state index contributed by atoms with van der Waals surface area (Å²) in [7, 11) is 0. The standard InChI is InChI=1S/C12H13F3N2O2/c13-7-4-6(8(14)10(18)9(7)15)11(19)17-12(5-16)2-1-3-12/h4,18H,1-3,5,16H2,(H,17,19). The van der Waals surface area contributed by atoms with E-state index in [1.165, 1.54) is 0 Å². The Kier molecular flexibility index (Phi) is 3.40. The molecule has 104 valence electrons. The Hall–Kier alpha value is -1.76. The Morgan fingerprint density at radius 1 is 1.37 bits per heavy atom. The molecule has 0 aliphatic heterocycles. The smallest absolute Gasteiger partial charge is 0.254 e. The first kappa shape index (κ1) is 13.7. The van der Waals surface area contributed by atoms with Gasteiger partial charge >= 0.3 is 0 Å². The highest BCUT2D eigenvalue weighted by molar-refractivity contribution is 5.95. The van der Waals surface area contributed by atoms with Crippen LogP contribution in [0.15, 0.2) is 6.07 Å². The van der Waals surface area contributed by atoms with Crippen molar-refractivity contribution in [3.05, 3.63) is 29.1 Å². The Labute approximate surface area is 107 Å². The molecule has 0 spiro atoms. The van der Waals surface area contributed by atoms with Crippen molar-refractivity contribution in [2.24, 2.45) is 5.73 Å². The van der Waals surface area contributed by atoms with Crippen molar-refractivity contribution >= 4 is 5.91 Å². The topological polar surface area (TPSA) is 75.3 Å². The molecule has 1 saturated carbocycles. The van der Waals surface area contributed by atoms with Gasteiger partial charge in [-0.05, 0) is 25.3 Å². The molecule has 1 aliphatic rings. The summed E-state index contributed by atoms with van der Waals surface area (Å²) >= 11 is 0. The van der Waals surface area contributed by atoms with Gasteiger partial charge in [0.15, 0.2) is 17.4 Å². The van der Waals surface area contributed by atoms with E-state index in [9.17, 15) is 18.0 Å². The second-order valence-electron chi connectivity index (χ2n) is 4.67. The van der Waals surface area contributed by atoms with E-state index in [-0.39, 0.29) is 6.54 Å². The summed E-state index contributed by atoms with van der Waals surface area (Å²) in [6.45, 7) is 0.177. The van der Waals surface area contributed by atoms with Crippen molar-refractivity contribution in [3.8, 4) is 5.75 Å². The van der Waals surface area contributed by atoms with E-state index in [1.54, 1.807) is 0 Å². The van der Waals surface area contributed by atoms with E-state index in [0.29, 0.717) is 18.9 Å². The number of carbonyl (C=O) groups excluding carboxylic acids is 1. The van der Waals surface area contributed by atoms with Crippen molar-refractivity contribution in [1.29, 1.82) is 0 Å². The van der Waals surface area contributed by atoms with Crippen LogP contribution >= 0.6 is 0 Å². The number of hydrogen-bond acceptors (Lipinski definition) is 3. The van der Waals surface area contributed by atoms with E-state index in [1.807, 2.05) is 0 Å². The van der Waals surface area contributed by atoms with E-state index in [0.717, 1.165) is 6.42 Å². The molecule has 1 aliphatic carbocycles. The van der Waals surface area contributed by atoms with Crippen molar-refractivity contribution in [3.63, 3.8) is 0 Å². The van der Waals surface area contributed by atoms with E-state index < -0.39 is 40.2 Å². The van der Waals surface area contributed by atoms with Crippen LogP contribution in [0.4, 0.5) is 13.2 Å². The number of benzene rings is 1. The molecule has 0 heterocycles. The zero-order valence-electron chi connectivity index (χ0n) is 9.97. The summed E-state index contributed by atoms with van der Waals surface area (Å²) in [6, 6.07) is 0.419. The summed E-state index contributed by atoms with van der Waals surface area (Å²) in [5.41, 5.74) is 4.16. The first-order chi connectivity index (χ1) is 8.90. The number of hydrogen-bond donors (Lipinski definition) is 3. The van der Waals surface area contributed by atoms with Crippen molar-refractivity contribution in [1.82, 2.24) is 5.32 Å². The van der Waals surface area contributed by atoms with Gasteiger partial charge in [-0.2, -0.15) is 4.39 Å². The number of aromatic hydroxyl groups is 1. The zero-order chi connectivity index (χ0) is 14.2. The number of nitrogens with one attached hydrogen (secondary N) is 1. The van der Waals surface area contributed by atoms with Crippen LogP contribution in [0.5, 0.6) is 5.75 Å². The number of carbonyl (C=O) groups is 1. The minimum atomic E-state index is -1.72. The number of rotatable bonds is 3. The lowest BCUT2D eigenvalue weighted by molar-refractivity contribution is 0.0831. The Morgan fingerprint density at radius 2 is 2.00 bits per heavy atom.